The van der Waals surface area contributed by atoms with Crippen molar-refractivity contribution in [3.63, 3.8) is 0 Å². The van der Waals surface area contributed by atoms with Crippen LogP contribution in [0.3, 0.4) is 0 Å². The molecule has 2 rings (SSSR count). The second-order valence-corrected chi connectivity index (χ2v) is 5.11. The van der Waals surface area contributed by atoms with Crippen molar-refractivity contribution in [1.82, 2.24) is 4.90 Å². The van der Waals surface area contributed by atoms with E-state index in [9.17, 15) is 0 Å². The van der Waals surface area contributed by atoms with Crippen LogP contribution in [-0.4, -0.2) is 30.1 Å². The Bertz CT molecular complexity index is 228. The minimum absolute atomic E-state index is 0.303. The van der Waals surface area contributed by atoms with Gasteiger partial charge in [0, 0.05) is 19.1 Å². The molecule has 0 radical (unpaired) electrons. The minimum atomic E-state index is 0.303. The van der Waals surface area contributed by atoms with Crippen LogP contribution in [-0.2, 0) is 4.74 Å². The lowest BCUT2D eigenvalue weighted by atomic mass is 9.92. The van der Waals surface area contributed by atoms with Gasteiger partial charge >= 0.3 is 0 Å². The SMILES string of the molecule is C=C(N)OC1CCN(C2CCCCC2)CC1. The molecule has 0 aromatic rings. The largest absolute Gasteiger partial charge is 0.477 e. The molecule has 1 aliphatic carbocycles. The fourth-order valence-electron chi connectivity index (χ4n) is 3.02. The first-order chi connectivity index (χ1) is 7.75. The number of hydrogen-bond donors (Lipinski definition) is 1. The monoisotopic (exact) mass is 224 g/mol. The first kappa shape index (κ1) is 11.8. The van der Waals surface area contributed by atoms with E-state index in [-0.39, 0.29) is 0 Å². The fourth-order valence-corrected chi connectivity index (χ4v) is 3.02. The highest BCUT2D eigenvalue weighted by Crippen LogP contribution is 2.26. The topological polar surface area (TPSA) is 38.5 Å². The van der Waals surface area contributed by atoms with Crippen molar-refractivity contribution in [2.45, 2.75) is 57.1 Å². The minimum Gasteiger partial charge on any atom is -0.477 e. The van der Waals surface area contributed by atoms with Gasteiger partial charge in [-0.05, 0) is 32.3 Å². The van der Waals surface area contributed by atoms with E-state index in [1.54, 1.807) is 0 Å². The lowest BCUT2D eigenvalue weighted by molar-refractivity contribution is 0.0278. The maximum absolute atomic E-state index is 5.48. The Morgan fingerprint density at radius 1 is 1.06 bits per heavy atom. The zero-order valence-corrected chi connectivity index (χ0v) is 10.2. The average molecular weight is 224 g/mol. The molecule has 0 amide bonds. The lowest BCUT2D eigenvalue weighted by Crippen LogP contribution is -2.44. The van der Waals surface area contributed by atoms with Gasteiger partial charge < -0.3 is 15.4 Å². The van der Waals surface area contributed by atoms with Crippen LogP contribution in [0.15, 0.2) is 12.5 Å². The maximum Gasteiger partial charge on any atom is 0.176 e. The zero-order valence-electron chi connectivity index (χ0n) is 10.2. The maximum atomic E-state index is 5.48. The molecule has 0 aromatic carbocycles. The summed E-state index contributed by atoms with van der Waals surface area (Å²) >= 11 is 0. The van der Waals surface area contributed by atoms with Crippen molar-refractivity contribution in [2.24, 2.45) is 5.73 Å². The van der Waals surface area contributed by atoms with Gasteiger partial charge in [-0.1, -0.05) is 19.3 Å². The van der Waals surface area contributed by atoms with E-state index in [4.69, 9.17) is 10.5 Å². The van der Waals surface area contributed by atoms with Gasteiger partial charge in [0.25, 0.3) is 0 Å². The highest BCUT2D eigenvalue weighted by atomic mass is 16.5. The van der Waals surface area contributed by atoms with Crippen molar-refractivity contribution in [2.75, 3.05) is 13.1 Å². The molecule has 1 aliphatic heterocycles. The van der Waals surface area contributed by atoms with Gasteiger partial charge in [-0.3, -0.25) is 0 Å². The van der Waals surface area contributed by atoms with E-state index in [0.29, 0.717) is 12.0 Å². The molecule has 2 aliphatic rings. The van der Waals surface area contributed by atoms with Gasteiger partial charge in [-0.25, -0.2) is 0 Å². The molecule has 1 heterocycles. The molecule has 16 heavy (non-hydrogen) atoms. The summed E-state index contributed by atoms with van der Waals surface area (Å²) in [5.41, 5.74) is 5.47. The molecule has 0 atom stereocenters. The number of nitrogens with two attached hydrogens (primary N) is 1. The van der Waals surface area contributed by atoms with Crippen molar-refractivity contribution in [1.29, 1.82) is 0 Å². The van der Waals surface area contributed by atoms with Crippen LogP contribution in [0.4, 0.5) is 0 Å². The van der Waals surface area contributed by atoms with Gasteiger partial charge in [0.15, 0.2) is 5.88 Å². The third kappa shape index (κ3) is 3.14. The van der Waals surface area contributed by atoms with Crippen molar-refractivity contribution in [3.05, 3.63) is 12.5 Å². The van der Waals surface area contributed by atoms with Gasteiger partial charge in [-0.2, -0.15) is 0 Å². The molecular weight excluding hydrogens is 200 g/mol. The van der Waals surface area contributed by atoms with Crippen LogP contribution in [0.2, 0.25) is 0 Å². The summed E-state index contributed by atoms with van der Waals surface area (Å²) in [5.74, 6) is 0.371. The van der Waals surface area contributed by atoms with Gasteiger partial charge in [0.1, 0.15) is 6.10 Å². The predicted molar refractivity (Wildman–Crippen MR) is 65.9 cm³/mol. The number of likely N-dealkylation sites (tertiary alicyclic amines) is 1. The standard InChI is InChI=1S/C13H24N2O/c1-11(14)16-13-7-9-15(10-8-13)12-5-3-2-4-6-12/h12-13H,1-10,14H2. The molecule has 0 unspecified atom stereocenters. The van der Waals surface area contributed by atoms with E-state index in [1.165, 1.54) is 45.2 Å². The van der Waals surface area contributed by atoms with Crippen LogP contribution in [0.25, 0.3) is 0 Å². The third-order valence-electron chi connectivity index (χ3n) is 3.89. The second kappa shape index (κ2) is 5.58. The fraction of sp³-hybridized carbons (Fsp3) is 0.846. The Labute approximate surface area is 98.6 Å². The van der Waals surface area contributed by atoms with Gasteiger partial charge in [-0.15, -0.1) is 0 Å². The predicted octanol–water partition coefficient (Wildman–Crippen LogP) is 2.23. The summed E-state index contributed by atoms with van der Waals surface area (Å²) in [6.45, 7) is 5.94. The molecule has 1 saturated heterocycles. The Balaban J connectivity index is 1.73. The molecule has 0 aromatic heterocycles. The zero-order chi connectivity index (χ0) is 11.4. The summed E-state index contributed by atoms with van der Waals surface area (Å²) in [7, 11) is 0. The number of nitrogens with zero attached hydrogens (tertiary/aromatic N) is 1. The molecule has 92 valence electrons. The van der Waals surface area contributed by atoms with Gasteiger partial charge in [0.2, 0.25) is 0 Å². The summed E-state index contributed by atoms with van der Waals surface area (Å²) < 4.78 is 5.48. The normalized spacial score (nSPS) is 25.5. The molecule has 0 bridgehead atoms. The number of ether oxygens (including phenoxy) is 1. The molecular formula is C13H24N2O. The van der Waals surface area contributed by atoms with E-state index in [2.05, 4.69) is 11.5 Å². The first-order valence-electron chi connectivity index (χ1n) is 6.61. The number of hydrogen-bond acceptors (Lipinski definition) is 3. The Hall–Kier alpha value is -0.700. The van der Waals surface area contributed by atoms with Crippen LogP contribution < -0.4 is 5.73 Å². The van der Waals surface area contributed by atoms with E-state index >= 15 is 0 Å². The first-order valence-corrected chi connectivity index (χ1v) is 6.61. The summed E-state index contributed by atoms with van der Waals surface area (Å²) in [4.78, 5) is 2.65. The quantitative estimate of drug-likeness (QED) is 0.747. The van der Waals surface area contributed by atoms with E-state index in [1.807, 2.05) is 0 Å². The summed E-state index contributed by atoms with van der Waals surface area (Å²) in [6, 6.07) is 0.843. The highest BCUT2D eigenvalue weighted by Gasteiger charge is 2.26. The smallest absolute Gasteiger partial charge is 0.176 e. The Morgan fingerprint density at radius 3 is 2.25 bits per heavy atom. The second-order valence-electron chi connectivity index (χ2n) is 5.11. The van der Waals surface area contributed by atoms with Gasteiger partial charge in [0.05, 0.1) is 0 Å². The summed E-state index contributed by atoms with van der Waals surface area (Å²) in [6.07, 6.45) is 9.58. The highest BCUT2D eigenvalue weighted by molar-refractivity contribution is 4.83. The van der Waals surface area contributed by atoms with Crippen molar-refractivity contribution < 1.29 is 4.74 Å². The Morgan fingerprint density at radius 2 is 1.69 bits per heavy atom. The third-order valence-corrected chi connectivity index (χ3v) is 3.89. The average Bonchev–Trinajstić information content (AvgIpc) is 2.30. The number of rotatable bonds is 3. The van der Waals surface area contributed by atoms with Crippen LogP contribution in [0.1, 0.15) is 44.9 Å². The van der Waals surface area contributed by atoms with Crippen molar-refractivity contribution >= 4 is 0 Å². The van der Waals surface area contributed by atoms with Crippen molar-refractivity contribution in [3.8, 4) is 0 Å². The molecule has 2 fully saturated rings. The Kier molecular flexibility index (Phi) is 4.10. The molecule has 0 spiro atoms. The summed E-state index contributed by atoms with van der Waals surface area (Å²) in [5, 5.41) is 0. The number of piperidine rings is 1. The van der Waals surface area contributed by atoms with Crippen LogP contribution in [0, 0.1) is 0 Å². The molecule has 3 nitrogen and oxygen atoms in total. The molecule has 3 heteroatoms. The van der Waals surface area contributed by atoms with E-state index in [0.717, 1.165) is 18.9 Å². The van der Waals surface area contributed by atoms with Crippen LogP contribution >= 0.6 is 0 Å². The molecule has 1 saturated carbocycles. The lowest BCUT2D eigenvalue weighted by Gasteiger charge is -2.39. The van der Waals surface area contributed by atoms with E-state index < -0.39 is 0 Å². The molecule has 2 N–H and O–H groups in total. The van der Waals surface area contributed by atoms with Crippen LogP contribution in [0.5, 0.6) is 0 Å².